The summed E-state index contributed by atoms with van der Waals surface area (Å²) in [5, 5.41) is 12.9. The second kappa shape index (κ2) is 5.50. The first-order valence-corrected chi connectivity index (χ1v) is 5.60. The average Bonchev–Trinajstić information content (AvgIpc) is 2.69. The molecule has 0 aliphatic heterocycles. The second-order valence-corrected chi connectivity index (χ2v) is 4.11. The van der Waals surface area contributed by atoms with Gasteiger partial charge in [0.25, 0.3) is 0 Å². The lowest BCUT2D eigenvalue weighted by Crippen LogP contribution is -2.33. The van der Waals surface area contributed by atoms with Gasteiger partial charge < -0.3 is 10.4 Å². The highest BCUT2D eigenvalue weighted by atomic mass is 32.1. The van der Waals surface area contributed by atoms with Crippen LogP contribution in [0.5, 0.6) is 0 Å². The summed E-state index contributed by atoms with van der Waals surface area (Å²) in [4.78, 5) is 22.4. The number of nitrogens with one attached hydrogen (secondary N) is 1. The lowest BCUT2D eigenvalue weighted by atomic mass is 10.1. The fraction of sp³-hybridized carbons (Fsp3) is 0.400. The van der Waals surface area contributed by atoms with Gasteiger partial charge in [0.2, 0.25) is 0 Å². The molecule has 82 valence electrons. The number of carbonyl (C=O) groups is 2. The molecule has 5 heteroatoms. The Balaban J connectivity index is 2.67. The van der Waals surface area contributed by atoms with Gasteiger partial charge in [-0.3, -0.25) is 4.79 Å². The molecule has 0 aliphatic rings. The van der Waals surface area contributed by atoms with E-state index < -0.39 is 11.9 Å². The zero-order chi connectivity index (χ0) is 11.3. The predicted octanol–water partition coefficient (Wildman–Crippen LogP) is 1.79. The van der Waals surface area contributed by atoms with Crippen LogP contribution >= 0.6 is 11.3 Å². The Hall–Kier alpha value is -1.36. The van der Waals surface area contributed by atoms with Crippen molar-refractivity contribution in [1.82, 2.24) is 5.32 Å². The molecule has 0 saturated carbocycles. The lowest BCUT2D eigenvalue weighted by Gasteiger charge is -2.14. The highest BCUT2D eigenvalue weighted by Crippen LogP contribution is 2.22. The predicted molar refractivity (Wildman–Crippen MR) is 57.7 cm³/mol. The number of hydrogen-bond donors (Lipinski definition) is 2. The van der Waals surface area contributed by atoms with Crippen LogP contribution in [0.25, 0.3) is 0 Å². The molecule has 0 saturated heterocycles. The van der Waals surface area contributed by atoms with Gasteiger partial charge in [-0.2, -0.15) is 0 Å². The Labute approximate surface area is 91.9 Å². The molecule has 2 N–H and O–H groups in total. The average molecular weight is 227 g/mol. The summed E-state index contributed by atoms with van der Waals surface area (Å²) in [5.41, 5.74) is 0. The zero-order valence-electron chi connectivity index (χ0n) is 8.40. The molecule has 1 unspecified atom stereocenters. The van der Waals surface area contributed by atoms with Crippen molar-refractivity contribution in [3.05, 3.63) is 22.4 Å². The van der Waals surface area contributed by atoms with Crippen LogP contribution in [0, 0.1) is 0 Å². The number of aliphatic carboxylic acids is 1. The van der Waals surface area contributed by atoms with Gasteiger partial charge in [0.15, 0.2) is 0 Å². The summed E-state index contributed by atoms with van der Waals surface area (Å²) in [6, 6.07) is 3.60. The minimum Gasteiger partial charge on any atom is -0.474 e. The fourth-order valence-corrected chi connectivity index (χ4v) is 2.10. The van der Waals surface area contributed by atoms with Crippen LogP contribution in [-0.4, -0.2) is 17.0 Å². The number of carbonyl (C=O) groups excluding carboxylic acids is 1. The van der Waals surface area contributed by atoms with E-state index in [-0.39, 0.29) is 6.04 Å². The molecule has 1 aromatic heterocycles. The van der Waals surface area contributed by atoms with Crippen molar-refractivity contribution in [2.24, 2.45) is 0 Å². The molecular weight excluding hydrogens is 214 g/mol. The maximum Gasteiger partial charge on any atom is 0.394 e. The van der Waals surface area contributed by atoms with Crippen LogP contribution in [0.15, 0.2) is 17.5 Å². The Bertz CT molecular complexity index is 334. The van der Waals surface area contributed by atoms with E-state index in [9.17, 15) is 9.59 Å². The first kappa shape index (κ1) is 11.7. The minimum atomic E-state index is -1.44. The molecule has 0 aliphatic carbocycles. The molecule has 15 heavy (non-hydrogen) atoms. The zero-order valence-corrected chi connectivity index (χ0v) is 9.21. The first-order chi connectivity index (χ1) is 7.15. The van der Waals surface area contributed by atoms with Gasteiger partial charge in [0.05, 0.1) is 6.04 Å². The molecule has 0 fully saturated rings. The van der Waals surface area contributed by atoms with Gasteiger partial charge in [-0.1, -0.05) is 19.4 Å². The highest BCUT2D eigenvalue weighted by Gasteiger charge is 2.18. The number of hydrogen-bond acceptors (Lipinski definition) is 3. The molecule has 1 rings (SSSR count). The lowest BCUT2D eigenvalue weighted by molar-refractivity contribution is -0.150. The Morgan fingerprint density at radius 2 is 2.33 bits per heavy atom. The molecule has 0 bridgehead atoms. The van der Waals surface area contributed by atoms with E-state index in [2.05, 4.69) is 5.32 Å². The Morgan fingerprint density at radius 1 is 1.60 bits per heavy atom. The van der Waals surface area contributed by atoms with E-state index >= 15 is 0 Å². The molecule has 1 heterocycles. The fourth-order valence-electron chi connectivity index (χ4n) is 1.28. The van der Waals surface area contributed by atoms with Gasteiger partial charge >= 0.3 is 11.9 Å². The van der Waals surface area contributed by atoms with Gasteiger partial charge in [0.1, 0.15) is 0 Å². The van der Waals surface area contributed by atoms with E-state index in [1.807, 2.05) is 24.4 Å². The number of thiophene rings is 1. The molecule has 0 radical (unpaired) electrons. The van der Waals surface area contributed by atoms with Gasteiger partial charge in [0, 0.05) is 4.88 Å². The molecule has 0 spiro atoms. The summed E-state index contributed by atoms with van der Waals surface area (Å²) in [6.45, 7) is 1.99. The first-order valence-electron chi connectivity index (χ1n) is 4.72. The highest BCUT2D eigenvalue weighted by molar-refractivity contribution is 7.10. The molecule has 1 amide bonds. The minimum absolute atomic E-state index is 0.182. The van der Waals surface area contributed by atoms with E-state index in [0.29, 0.717) is 0 Å². The largest absolute Gasteiger partial charge is 0.474 e. The number of amides is 1. The maximum atomic E-state index is 11.0. The van der Waals surface area contributed by atoms with Gasteiger partial charge in [-0.15, -0.1) is 11.3 Å². The van der Waals surface area contributed by atoms with Crippen molar-refractivity contribution < 1.29 is 14.7 Å². The summed E-state index contributed by atoms with van der Waals surface area (Å²) >= 11 is 1.52. The van der Waals surface area contributed by atoms with Crippen molar-refractivity contribution >= 4 is 23.2 Å². The Morgan fingerprint density at radius 3 is 2.80 bits per heavy atom. The van der Waals surface area contributed by atoms with Crippen LogP contribution in [0.1, 0.15) is 30.7 Å². The van der Waals surface area contributed by atoms with Crippen molar-refractivity contribution in [3.8, 4) is 0 Å². The summed E-state index contributed by atoms with van der Waals surface area (Å²) < 4.78 is 0. The standard InChI is InChI=1S/C10H13NO3S/c1-2-4-7(8-5-3-6-15-8)11-9(12)10(13)14/h3,5-7H,2,4H2,1H3,(H,11,12)(H,13,14). The SMILES string of the molecule is CCCC(NC(=O)C(=O)O)c1cccs1. The number of carboxylic acid groups (broad SMARTS) is 1. The topological polar surface area (TPSA) is 66.4 Å². The third kappa shape index (κ3) is 3.36. The summed E-state index contributed by atoms with van der Waals surface area (Å²) in [5.74, 6) is -2.38. The third-order valence-corrected chi connectivity index (χ3v) is 2.95. The van der Waals surface area contributed by atoms with E-state index in [1.54, 1.807) is 0 Å². The third-order valence-electron chi connectivity index (χ3n) is 1.96. The number of carboxylic acids is 1. The van der Waals surface area contributed by atoms with Crippen LogP contribution in [0.3, 0.4) is 0 Å². The molecule has 4 nitrogen and oxygen atoms in total. The van der Waals surface area contributed by atoms with Gasteiger partial charge in [-0.25, -0.2) is 4.79 Å². The summed E-state index contributed by atoms with van der Waals surface area (Å²) in [7, 11) is 0. The van der Waals surface area contributed by atoms with Crippen LogP contribution < -0.4 is 5.32 Å². The molecule has 0 aromatic carbocycles. The quantitative estimate of drug-likeness (QED) is 0.771. The molecular formula is C10H13NO3S. The Kier molecular flexibility index (Phi) is 4.30. The van der Waals surface area contributed by atoms with Crippen molar-refractivity contribution in [2.45, 2.75) is 25.8 Å². The van der Waals surface area contributed by atoms with Crippen LogP contribution in [0.2, 0.25) is 0 Å². The van der Waals surface area contributed by atoms with E-state index in [1.165, 1.54) is 11.3 Å². The smallest absolute Gasteiger partial charge is 0.394 e. The summed E-state index contributed by atoms with van der Waals surface area (Å²) in [6.07, 6.45) is 1.64. The van der Waals surface area contributed by atoms with Crippen LogP contribution in [0.4, 0.5) is 0 Å². The van der Waals surface area contributed by atoms with Crippen molar-refractivity contribution in [1.29, 1.82) is 0 Å². The molecule has 1 atom stereocenters. The van der Waals surface area contributed by atoms with Gasteiger partial charge in [-0.05, 0) is 17.9 Å². The molecule has 1 aromatic rings. The van der Waals surface area contributed by atoms with E-state index in [0.717, 1.165) is 17.7 Å². The normalized spacial score (nSPS) is 12.1. The monoisotopic (exact) mass is 227 g/mol. The van der Waals surface area contributed by atoms with Crippen molar-refractivity contribution in [2.75, 3.05) is 0 Å². The van der Waals surface area contributed by atoms with Crippen LogP contribution in [-0.2, 0) is 9.59 Å². The second-order valence-electron chi connectivity index (χ2n) is 3.14. The maximum absolute atomic E-state index is 11.0. The number of rotatable bonds is 4. The van der Waals surface area contributed by atoms with Crippen molar-refractivity contribution in [3.63, 3.8) is 0 Å². The van der Waals surface area contributed by atoms with E-state index in [4.69, 9.17) is 5.11 Å².